The van der Waals surface area contributed by atoms with Crippen molar-refractivity contribution < 1.29 is 14.4 Å². The van der Waals surface area contributed by atoms with E-state index in [9.17, 15) is 14.4 Å². The van der Waals surface area contributed by atoms with Crippen LogP contribution in [0.3, 0.4) is 0 Å². The van der Waals surface area contributed by atoms with Crippen molar-refractivity contribution >= 4 is 17.7 Å². The van der Waals surface area contributed by atoms with Gasteiger partial charge in [-0.1, -0.05) is 17.7 Å². The first kappa shape index (κ1) is 15.0. The lowest BCUT2D eigenvalue weighted by Crippen LogP contribution is -2.48. The molecule has 0 saturated carbocycles. The topological polar surface area (TPSA) is 66.5 Å². The molecule has 5 nitrogen and oxygen atoms in total. The van der Waals surface area contributed by atoms with E-state index in [0.29, 0.717) is 24.0 Å². The second-order valence-electron chi connectivity index (χ2n) is 5.03. The number of hydrogen-bond acceptors (Lipinski definition) is 3. The van der Waals surface area contributed by atoms with Crippen LogP contribution in [-0.4, -0.2) is 35.7 Å². The summed E-state index contributed by atoms with van der Waals surface area (Å²) in [4.78, 5) is 38.0. The fraction of sp³-hybridized carbons (Fsp3) is 0.312. The molecule has 1 aliphatic rings. The summed E-state index contributed by atoms with van der Waals surface area (Å²) in [6.45, 7) is 5.47. The van der Waals surface area contributed by atoms with Crippen LogP contribution in [0.15, 0.2) is 30.9 Å². The van der Waals surface area contributed by atoms with Crippen LogP contribution >= 0.6 is 0 Å². The summed E-state index contributed by atoms with van der Waals surface area (Å²) < 4.78 is 0. The molecule has 3 amide bonds. The van der Waals surface area contributed by atoms with Gasteiger partial charge in [-0.3, -0.25) is 19.3 Å². The fourth-order valence-electron chi connectivity index (χ4n) is 2.48. The van der Waals surface area contributed by atoms with Crippen molar-refractivity contribution in [1.82, 2.24) is 10.2 Å². The number of nitrogens with one attached hydrogen (secondary N) is 1. The molecule has 1 aromatic rings. The van der Waals surface area contributed by atoms with Crippen molar-refractivity contribution in [2.75, 3.05) is 7.05 Å². The maximum Gasteiger partial charge on any atom is 0.262 e. The van der Waals surface area contributed by atoms with Crippen LogP contribution in [0.4, 0.5) is 0 Å². The van der Waals surface area contributed by atoms with Gasteiger partial charge in [0.2, 0.25) is 5.91 Å². The Balaban J connectivity index is 2.39. The minimum absolute atomic E-state index is 0.344. The third-order valence-electron chi connectivity index (χ3n) is 3.58. The Morgan fingerprint density at radius 1 is 1.33 bits per heavy atom. The summed E-state index contributed by atoms with van der Waals surface area (Å²) in [5.74, 6) is -1.16. The number of aryl methyl sites for hydroxylation is 1. The Bertz CT molecular complexity index is 622. The Labute approximate surface area is 123 Å². The van der Waals surface area contributed by atoms with Gasteiger partial charge in [0.1, 0.15) is 6.04 Å². The molecule has 0 aromatic heterocycles. The van der Waals surface area contributed by atoms with Crippen LogP contribution in [0, 0.1) is 6.92 Å². The van der Waals surface area contributed by atoms with Crippen LogP contribution in [0.5, 0.6) is 0 Å². The Morgan fingerprint density at radius 3 is 2.62 bits per heavy atom. The lowest BCUT2D eigenvalue weighted by molar-refractivity contribution is -0.124. The third kappa shape index (κ3) is 2.59. The molecule has 2 rings (SSSR count). The molecule has 1 unspecified atom stereocenters. The van der Waals surface area contributed by atoms with Gasteiger partial charge in [-0.05, 0) is 31.9 Å². The Kier molecular flexibility index (Phi) is 4.21. The van der Waals surface area contributed by atoms with E-state index in [2.05, 4.69) is 11.9 Å². The summed E-state index contributed by atoms with van der Waals surface area (Å²) in [6.07, 6.45) is 2.58. The molecule has 0 fully saturated rings. The molecular weight excluding hydrogens is 268 g/mol. The van der Waals surface area contributed by atoms with Crippen LogP contribution < -0.4 is 5.32 Å². The van der Waals surface area contributed by atoms with Crippen molar-refractivity contribution in [3.05, 3.63) is 47.5 Å². The average molecular weight is 286 g/mol. The van der Waals surface area contributed by atoms with Gasteiger partial charge in [0.25, 0.3) is 11.8 Å². The van der Waals surface area contributed by atoms with E-state index < -0.39 is 17.9 Å². The molecule has 0 saturated heterocycles. The summed E-state index contributed by atoms with van der Waals surface area (Å²) in [6, 6.07) is 4.30. The Hall–Kier alpha value is -2.43. The van der Waals surface area contributed by atoms with Gasteiger partial charge in [-0.15, -0.1) is 6.58 Å². The highest BCUT2D eigenvalue weighted by Gasteiger charge is 2.42. The van der Waals surface area contributed by atoms with E-state index >= 15 is 0 Å². The molecule has 1 atom stereocenters. The zero-order valence-electron chi connectivity index (χ0n) is 12.2. The zero-order valence-corrected chi connectivity index (χ0v) is 12.2. The molecule has 0 aliphatic carbocycles. The molecule has 110 valence electrons. The van der Waals surface area contributed by atoms with E-state index in [4.69, 9.17) is 0 Å². The number of rotatable bonds is 5. The van der Waals surface area contributed by atoms with E-state index in [1.54, 1.807) is 24.3 Å². The van der Waals surface area contributed by atoms with Crippen LogP contribution in [0.25, 0.3) is 0 Å². The van der Waals surface area contributed by atoms with Gasteiger partial charge in [0.15, 0.2) is 0 Å². The van der Waals surface area contributed by atoms with Crippen molar-refractivity contribution in [3.63, 3.8) is 0 Å². The predicted molar refractivity (Wildman–Crippen MR) is 79.0 cm³/mol. The second kappa shape index (κ2) is 5.91. The molecule has 1 N–H and O–H groups in total. The lowest BCUT2D eigenvalue weighted by atomic mass is 10.1. The van der Waals surface area contributed by atoms with Crippen LogP contribution in [0.1, 0.15) is 39.1 Å². The molecule has 0 bridgehead atoms. The molecule has 5 heteroatoms. The van der Waals surface area contributed by atoms with Crippen molar-refractivity contribution in [1.29, 1.82) is 0 Å². The second-order valence-corrected chi connectivity index (χ2v) is 5.03. The third-order valence-corrected chi connectivity index (χ3v) is 3.58. The van der Waals surface area contributed by atoms with Gasteiger partial charge in [-0.2, -0.15) is 0 Å². The SMILES string of the molecule is C=CCCC(C(=O)NC)N1C(=O)c2ccc(C)cc2C1=O. The van der Waals surface area contributed by atoms with E-state index in [0.717, 1.165) is 10.5 Å². The van der Waals surface area contributed by atoms with Crippen LogP contribution in [0.2, 0.25) is 0 Å². The number of fused-ring (bicyclic) bond motifs is 1. The number of imide groups is 1. The number of allylic oxidation sites excluding steroid dienone is 1. The monoisotopic (exact) mass is 286 g/mol. The molecule has 21 heavy (non-hydrogen) atoms. The fourth-order valence-corrected chi connectivity index (χ4v) is 2.48. The zero-order chi connectivity index (χ0) is 15.6. The van der Waals surface area contributed by atoms with Gasteiger partial charge < -0.3 is 5.32 Å². The first-order valence-electron chi connectivity index (χ1n) is 6.82. The quantitative estimate of drug-likeness (QED) is 0.661. The highest BCUT2D eigenvalue weighted by Crippen LogP contribution is 2.27. The van der Waals surface area contributed by atoms with Gasteiger partial charge in [-0.25, -0.2) is 0 Å². The minimum atomic E-state index is -0.805. The number of amides is 3. The number of hydrogen-bond donors (Lipinski definition) is 1. The molecule has 1 heterocycles. The Morgan fingerprint density at radius 2 is 2.00 bits per heavy atom. The lowest BCUT2D eigenvalue weighted by Gasteiger charge is -2.24. The van der Waals surface area contributed by atoms with Crippen molar-refractivity contribution in [3.8, 4) is 0 Å². The summed E-state index contributed by atoms with van der Waals surface area (Å²) >= 11 is 0. The average Bonchev–Trinajstić information content (AvgIpc) is 2.71. The van der Waals surface area contributed by atoms with E-state index in [1.807, 2.05) is 6.92 Å². The molecular formula is C16H18N2O3. The van der Waals surface area contributed by atoms with Gasteiger partial charge >= 0.3 is 0 Å². The first-order valence-corrected chi connectivity index (χ1v) is 6.82. The largest absolute Gasteiger partial charge is 0.357 e. The maximum atomic E-state index is 12.5. The van der Waals surface area contributed by atoms with Gasteiger partial charge in [0, 0.05) is 7.05 Å². The number of carbonyl (C=O) groups excluding carboxylic acids is 3. The maximum absolute atomic E-state index is 12.5. The normalized spacial score (nSPS) is 14.9. The standard InChI is InChI=1S/C16H18N2O3/c1-4-5-6-13(14(19)17-3)18-15(20)11-8-7-10(2)9-12(11)16(18)21/h4,7-9,13H,1,5-6H2,2-3H3,(H,17,19). The molecule has 1 aliphatic heterocycles. The smallest absolute Gasteiger partial charge is 0.262 e. The number of benzene rings is 1. The first-order chi connectivity index (χ1) is 10.0. The van der Waals surface area contributed by atoms with E-state index in [-0.39, 0.29) is 5.91 Å². The summed E-state index contributed by atoms with van der Waals surface area (Å²) in [5.41, 5.74) is 1.63. The number of carbonyl (C=O) groups is 3. The summed E-state index contributed by atoms with van der Waals surface area (Å²) in [7, 11) is 1.49. The minimum Gasteiger partial charge on any atom is -0.357 e. The van der Waals surface area contributed by atoms with Crippen LogP contribution in [-0.2, 0) is 4.79 Å². The number of nitrogens with zero attached hydrogens (tertiary/aromatic N) is 1. The summed E-state index contributed by atoms with van der Waals surface area (Å²) in [5, 5.41) is 2.51. The van der Waals surface area contributed by atoms with Crippen molar-refractivity contribution in [2.45, 2.75) is 25.8 Å². The molecule has 1 aromatic carbocycles. The highest BCUT2D eigenvalue weighted by molar-refractivity contribution is 6.22. The van der Waals surface area contributed by atoms with E-state index in [1.165, 1.54) is 7.05 Å². The van der Waals surface area contributed by atoms with Crippen molar-refractivity contribution in [2.24, 2.45) is 0 Å². The highest BCUT2D eigenvalue weighted by atomic mass is 16.2. The van der Waals surface area contributed by atoms with Gasteiger partial charge in [0.05, 0.1) is 11.1 Å². The molecule has 0 spiro atoms. The predicted octanol–water partition coefficient (Wildman–Crippen LogP) is 1.67. The molecule has 0 radical (unpaired) electrons. The number of likely N-dealkylation sites (N-methyl/N-ethyl adjacent to an activating group) is 1.